The van der Waals surface area contributed by atoms with Gasteiger partial charge in [-0.25, -0.2) is 0 Å². The molecule has 0 atom stereocenters. The van der Waals surface area contributed by atoms with Crippen LogP contribution in [-0.2, 0) is 4.79 Å². The minimum absolute atomic E-state index is 0.0172. The molecule has 0 saturated carbocycles. The Bertz CT molecular complexity index is 877. The van der Waals surface area contributed by atoms with Crippen molar-refractivity contribution in [2.75, 3.05) is 18.5 Å². The Hall–Kier alpha value is -2.46. The van der Waals surface area contributed by atoms with Crippen LogP contribution in [0.3, 0.4) is 0 Å². The van der Waals surface area contributed by atoms with Crippen LogP contribution in [-0.4, -0.2) is 25.2 Å². The molecular formula is C18H14N2OS. The Morgan fingerprint density at radius 3 is 2.73 bits per heavy atom. The lowest BCUT2D eigenvalue weighted by Gasteiger charge is -2.17. The quantitative estimate of drug-likeness (QED) is 0.674. The summed E-state index contributed by atoms with van der Waals surface area (Å²) in [6.45, 7) is 0.189. The van der Waals surface area contributed by atoms with Crippen LogP contribution in [0.15, 0.2) is 59.6 Å². The van der Waals surface area contributed by atoms with Gasteiger partial charge in [-0.2, -0.15) is 0 Å². The van der Waals surface area contributed by atoms with Gasteiger partial charge in [-0.1, -0.05) is 36.4 Å². The van der Waals surface area contributed by atoms with E-state index in [0.717, 1.165) is 21.8 Å². The molecule has 1 aliphatic heterocycles. The van der Waals surface area contributed by atoms with E-state index >= 15 is 0 Å². The molecule has 0 aliphatic carbocycles. The van der Waals surface area contributed by atoms with Crippen molar-refractivity contribution in [3.8, 4) is 0 Å². The number of thiophene rings is 1. The standard InChI is InChI=1S/C18H14N2OS/c1-20-14-8-4-3-7-13(14)18(19-11-17(20)21)16-10-12-6-2-5-9-15(12)22-16/h2-10H,11H2,1H3. The minimum Gasteiger partial charge on any atom is -0.313 e. The number of likely N-dealkylation sites (N-methyl/N-ethyl adjacent to an activating group) is 1. The summed E-state index contributed by atoms with van der Waals surface area (Å²) in [6.07, 6.45) is 0. The SMILES string of the molecule is CN1C(=O)CN=C(c2cc3ccccc3s2)c2ccccc21. The number of benzene rings is 2. The summed E-state index contributed by atoms with van der Waals surface area (Å²) >= 11 is 1.72. The van der Waals surface area contributed by atoms with E-state index in [0.29, 0.717) is 0 Å². The third-order valence-electron chi connectivity index (χ3n) is 3.93. The number of para-hydroxylation sites is 1. The third-order valence-corrected chi connectivity index (χ3v) is 5.05. The fraction of sp³-hybridized carbons (Fsp3) is 0.111. The summed E-state index contributed by atoms with van der Waals surface area (Å²) < 4.78 is 1.24. The molecule has 108 valence electrons. The van der Waals surface area contributed by atoms with Crippen LogP contribution >= 0.6 is 11.3 Å². The molecule has 1 aromatic heterocycles. The van der Waals surface area contributed by atoms with Crippen molar-refractivity contribution in [1.82, 2.24) is 0 Å². The summed E-state index contributed by atoms with van der Waals surface area (Å²) in [5.41, 5.74) is 2.85. The number of hydrogen-bond acceptors (Lipinski definition) is 3. The van der Waals surface area contributed by atoms with Gasteiger partial charge in [0.25, 0.3) is 0 Å². The van der Waals surface area contributed by atoms with E-state index in [2.05, 4.69) is 23.2 Å². The first-order valence-electron chi connectivity index (χ1n) is 7.13. The number of amides is 1. The van der Waals surface area contributed by atoms with Crippen molar-refractivity contribution in [3.05, 3.63) is 65.0 Å². The molecule has 0 bridgehead atoms. The Labute approximate surface area is 132 Å². The average molecular weight is 306 g/mol. The second-order valence-corrected chi connectivity index (χ2v) is 6.37. The summed E-state index contributed by atoms with van der Waals surface area (Å²) in [5.74, 6) is 0.0172. The predicted octanol–water partition coefficient (Wildman–Crippen LogP) is 3.72. The maximum Gasteiger partial charge on any atom is 0.248 e. The predicted molar refractivity (Wildman–Crippen MR) is 92.2 cm³/mol. The number of benzodiazepines with no additional fused rings is 1. The van der Waals surface area contributed by atoms with Gasteiger partial charge in [0.05, 0.1) is 16.3 Å². The number of carbonyl (C=O) groups is 1. The highest BCUT2D eigenvalue weighted by atomic mass is 32.1. The number of nitrogens with zero attached hydrogens (tertiary/aromatic N) is 2. The molecule has 0 unspecified atom stereocenters. The maximum atomic E-state index is 12.1. The second kappa shape index (κ2) is 5.07. The van der Waals surface area contributed by atoms with E-state index < -0.39 is 0 Å². The van der Waals surface area contributed by atoms with Gasteiger partial charge >= 0.3 is 0 Å². The van der Waals surface area contributed by atoms with Gasteiger partial charge in [0.15, 0.2) is 0 Å². The molecular weight excluding hydrogens is 292 g/mol. The molecule has 3 nitrogen and oxygen atoms in total. The van der Waals surface area contributed by atoms with Gasteiger partial charge in [0.2, 0.25) is 5.91 Å². The van der Waals surface area contributed by atoms with Gasteiger partial charge in [-0.15, -0.1) is 11.3 Å². The van der Waals surface area contributed by atoms with E-state index in [1.807, 2.05) is 43.4 Å². The van der Waals surface area contributed by atoms with Gasteiger partial charge in [0.1, 0.15) is 6.54 Å². The first kappa shape index (κ1) is 13.2. The van der Waals surface area contributed by atoms with E-state index in [9.17, 15) is 4.79 Å². The Kier molecular flexibility index (Phi) is 3.05. The maximum absolute atomic E-state index is 12.1. The zero-order valence-electron chi connectivity index (χ0n) is 12.1. The Balaban J connectivity index is 1.93. The summed E-state index contributed by atoms with van der Waals surface area (Å²) in [7, 11) is 1.81. The van der Waals surface area contributed by atoms with Crippen molar-refractivity contribution in [2.45, 2.75) is 0 Å². The molecule has 2 aromatic carbocycles. The molecule has 4 heteroatoms. The van der Waals surface area contributed by atoms with Gasteiger partial charge in [-0.3, -0.25) is 9.79 Å². The first-order valence-corrected chi connectivity index (χ1v) is 7.95. The third kappa shape index (κ3) is 2.04. The topological polar surface area (TPSA) is 32.7 Å². The van der Waals surface area contributed by atoms with Gasteiger partial charge < -0.3 is 4.90 Å². The molecule has 1 amide bonds. The summed E-state index contributed by atoms with van der Waals surface area (Å²) in [4.78, 5) is 19.5. The molecule has 3 aromatic rings. The van der Waals surface area contributed by atoms with Crippen LogP contribution in [0.4, 0.5) is 5.69 Å². The smallest absolute Gasteiger partial charge is 0.248 e. The number of carbonyl (C=O) groups excluding carboxylic acids is 1. The highest BCUT2D eigenvalue weighted by Gasteiger charge is 2.22. The number of rotatable bonds is 1. The zero-order chi connectivity index (χ0) is 15.1. The molecule has 0 fully saturated rings. The van der Waals surface area contributed by atoms with Crippen LogP contribution in [0.1, 0.15) is 10.4 Å². The molecule has 0 N–H and O–H groups in total. The second-order valence-electron chi connectivity index (χ2n) is 5.28. The number of aliphatic imine (C=N–C) groups is 1. The number of fused-ring (bicyclic) bond motifs is 2. The Morgan fingerprint density at radius 1 is 1.09 bits per heavy atom. The van der Waals surface area contributed by atoms with Crippen LogP contribution in [0, 0.1) is 0 Å². The Morgan fingerprint density at radius 2 is 1.86 bits per heavy atom. The molecule has 0 spiro atoms. The highest BCUT2D eigenvalue weighted by Crippen LogP contribution is 2.31. The normalized spacial score (nSPS) is 14.7. The van der Waals surface area contributed by atoms with Crippen molar-refractivity contribution < 1.29 is 4.79 Å². The minimum atomic E-state index is 0.0172. The fourth-order valence-electron chi connectivity index (χ4n) is 2.75. The number of anilines is 1. The van der Waals surface area contributed by atoms with Crippen molar-refractivity contribution in [3.63, 3.8) is 0 Å². The largest absolute Gasteiger partial charge is 0.313 e. The first-order chi connectivity index (χ1) is 10.7. The molecule has 0 radical (unpaired) electrons. The monoisotopic (exact) mass is 306 g/mol. The highest BCUT2D eigenvalue weighted by molar-refractivity contribution is 7.21. The van der Waals surface area contributed by atoms with E-state index in [1.165, 1.54) is 10.1 Å². The van der Waals surface area contributed by atoms with Crippen LogP contribution < -0.4 is 4.90 Å². The van der Waals surface area contributed by atoms with Gasteiger partial charge in [-0.05, 0) is 23.6 Å². The zero-order valence-corrected chi connectivity index (χ0v) is 12.9. The van der Waals surface area contributed by atoms with Crippen LogP contribution in [0.25, 0.3) is 10.1 Å². The van der Waals surface area contributed by atoms with E-state index in [4.69, 9.17) is 0 Å². The lowest BCUT2D eigenvalue weighted by atomic mass is 10.1. The van der Waals surface area contributed by atoms with Crippen LogP contribution in [0.5, 0.6) is 0 Å². The van der Waals surface area contributed by atoms with Crippen molar-refractivity contribution >= 4 is 38.7 Å². The molecule has 4 rings (SSSR count). The van der Waals surface area contributed by atoms with Crippen LogP contribution in [0.2, 0.25) is 0 Å². The summed E-state index contributed by atoms with van der Waals surface area (Å²) in [6, 6.07) is 18.4. The average Bonchev–Trinajstić information content (AvgIpc) is 2.93. The molecule has 1 aliphatic rings. The van der Waals surface area contributed by atoms with Crippen molar-refractivity contribution in [2.24, 2.45) is 4.99 Å². The molecule has 22 heavy (non-hydrogen) atoms. The summed E-state index contributed by atoms with van der Waals surface area (Å²) in [5, 5.41) is 1.21. The van der Waals surface area contributed by atoms with Gasteiger partial charge in [0, 0.05) is 17.3 Å². The molecule has 0 saturated heterocycles. The van der Waals surface area contributed by atoms with E-state index in [-0.39, 0.29) is 12.5 Å². The lowest BCUT2D eigenvalue weighted by Crippen LogP contribution is -2.27. The number of hydrogen-bond donors (Lipinski definition) is 0. The fourth-order valence-corrected chi connectivity index (χ4v) is 3.83. The van der Waals surface area contributed by atoms with Crippen molar-refractivity contribution in [1.29, 1.82) is 0 Å². The molecule has 2 heterocycles. The van der Waals surface area contributed by atoms with E-state index in [1.54, 1.807) is 16.2 Å². The lowest BCUT2D eigenvalue weighted by molar-refractivity contribution is -0.116.